The van der Waals surface area contributed by atoms with Crippen molar-refractivity contribution in [2.75, 3.05) is 0 Å². The Morgan fingerprint density at radius 1 is 1.16 bits per heavy atom. The Bertz CT molecular complexity index is 735. The average molecular weight is 272 g/mol. The van der Waals surface area contributed by atoms with Crippen molar-refractivity contribution in [2.45, 2.75) is 6.92 Å². The lowest BCUT2D eigenvalue weighted by Gasteiger charge is -2.02. The molecule has 2 aromatic carbocycles. The highest BCUT2D eigenvalue weighted by molar-refractivity contribution is 6.52. The van der Waals surface area contributed by atoms with Gasteiger partial charge in [0.2, 0.25) is 5.69 Å². The lowest BCUT2D eigenvalue weighted by Crippen LogP contribution is -2.16. The lowest BCUT2D eigenvalue weighted by atomic mass is 10.0. The average Bonchev–Trinajstić information content (AvgIpc) is 2.61. The predicted molar refractivity (Wildman–Crippen MR) is 74.4 cm³/mol. The van der Waals surface area contributed by atoms with Gasteiger partial charge in [-0.1, -0.05) is 23.7 Å². The molecule has 1 aliphatic rings. The van der Waals surface area contributed by atoms with Gasteiger partial charge in [0.25, 0.3) is 11.5 Å². The largest absolute Gasteiger partial charge is 0.618 e. The second kappa shape index (κ2) is 4.21. The highest BCUT2D eigenvalue weighted by Crippen LogP contribution is 2.29. The first-order chi connectivity index (χ1) is 9.08. The van der Waals surface area contributed by atoms with E-state index >= 15 is 0 Å². The molecule has 0 spiro atoms. The summed E-state index contributed by atoms with van der Waals surface area (Å²) >= 11 is 5.91. The highest BCUT2D eigenvalue weighted by atomic mass is 35.5. The van der Waals surface area contributed by atoms with Gasteiger partial charge >= 0.3 is 0 Å². The van der Waals surface area contributed by atoms with E-state index in [1.54, 1.807) is 36.4 Å². The molecule has 0 unspecified atom stereocenters. The molecule has 1 aliphatic heterocycles. The maximum absolute atomic E-state index is 12.3. The van der Waals surface area contributed by atoms with Crippen LogP contribution in [0.5, 0.6) is 0 Å². The van der Waals surface area contributed by atoms with Crippen LogP contribution >= 0.6 is 11.6 Å². The van der Waals surface area contributed by atoms with E-state index in [0.717, 1.165) is 5.56 Å². The van der Waals surface area contributed by atoms with Gasteiger partial charge < -0.3 is 5.21 Å². The van der Waals surface area contributed by atoms with E-state index in [9.17, 15) is 10.0 Å². The Morgan fingerprint density at radius 2 is 1.95 bits per heavy atom. The van der Waals surface area contributed by atoms with E-state index in [4.69, 9.17) is 11.6 Å². The van der Waals surface area contributed by atoms with Crippen LogP contribution in [0.2, 0.25) is 5.02 Å². The molecule has 2 aromatic rings. The Labute approximate surface area is 115 Å². The number of nitrogens with zero attached hydrogens (tertiary/aromatic N) is 1. The molecule has 4 heteroatoms. The van der Waals surface area contributed by atoms with Crippen LogP contribution in [0.15, 0.2) is 42.5 Å². The molecule has 94 valence electrons. The highest BCUT2D eigenvalue weighted by Gasteiger charge is 2.36. The summed E-state index contributed by atoms with van der Waals surface area (Å²) in [6, 6.07) is 12.0. The van der Waals surface area contributed by atoms with Crippen molar-refractivity contribution in [1.82, 2.24) is 0 Å². The van der Waals surface area contributed by atoms with Crippen LogP contribution in [0.1, 0.15) is 21.5 Å². The van der Waals surface area contributed by atoms with E-state index in [1.807, 2.05) is 13.0 Å². The lowest BCUT2D eigenvalue weighted by molar-refractivity contribution is -0.355. The molecule has 0 fully saturated rings. The number of carbonyl (C=O) groups is 1. The number of Topliss-reactive ketones (excluding diaryl/α,β-unsaturated/α-hetero) is 1. The number of carbonyl (C=O) groups excluding carboxylic acids is 1. The standard InChI is InChI=1S/C15H10ClNO2/c1-9-5-6-12-13(7-9)17(19)14(15(12)18)10-3-2-4-11(16)8-10/h2-8H,1H3. The number of aryl methyl sites for hydroxylation is 1. The number of benzene rings is 2. The van der Waals surface area contributed by atoms with Crippen molar-refractivity contribution in [3.05, 3.63) is 69.4 Å². The van der Waals surface area contributed by atoms with Gasteiger partial charge in [0.15, 0.2) is 0 Å². The van der Waals surface area contributed by atoms with E-state index in [-0.39, 0.29) is 11.5 Å². The minimum Gasteiger partial charge on any atom is -0.618 e. The molecule has 0 N–H and O–H groups in total. The summed E-state index contributed by atoms with van der Waals surface area (Å²) in [4.78, 5) is 12.3. The first kappa shape index (κ1) is 11.9. The summed E-state index contributed by atoms with van der Waals surface area (Å²) in [7, 11) is 0. The van der Waals surface area contributed by atoms with Crippen LogP contribution in [0.4, 0.5) is 5.69 Å². The molecule has 0 amide bonds. The van der Waals surface area contributed by atoms with Crippen molar-refractivity contribution in [3.63, 3.8) is 0 Å². The van der Waals surface area contributed by atoms with Gasteiger partial charge in [0.1, 0.15) is 5.56 Å². The summed E-state index contributed by atoms with van der Waals surface area (Å²) in [5.74, 6) is -0.257. The van der Waals surface area contributed by atoms with Crippen LogP contribution < -0.4 is 0 Å². The molecule has 0 aromatic heterocycles. The predicted octanol–water partition coefficient (Wildman–Crippen LogP) is 3.48. The number of fused-ring (bicyclic) bond motifs is 1. The minimum absolute atomic E-state index is 0.128. The first-order valence-electron chi connectivity index (χ1n) is 5.83. The van der Waals surface area contributed by atoms with Crippen molar-refractivity contribution in [2.24, 2.45) is 0 Å². The molecule has 0 bridgehead atoms. The second-order valence-corrected chi connectivity index (χ2v) is 4.94. The number of hydrogen-bond donors (Lipinski definition) is 0. The molecule has 3 nitrogen and oxygen atoms in total. The first-order valence-corrected chi connectivity index (χ1v) is 6.21. The number of halogens is 1. The van der Waals surface area contributed by atoms with Crippen molar-refractivity contribution in [3.8, 4) is 0 Å². The molecule has 0 radical (unpaired) electrons. The Balaban J connectivity index is 2.22. The maximum Gasteiger partial charge on any atom is 0.273 e. The Morgan fingerprint density at radius 3 is 2.68 bits per heavy atom. The molecular formula is C15H10ClNO2. The molecule has 3 rings (SSSR count). The van der Waals surface area contributed by atoms with E-state index in [1.165, 1.54) is 0 Å². The number of ketones is 1. The summed E-state index contributed by atoms with van der Waals surface area (Å²) < 4.78 is 0.691. The second-order valence-electron chi connectivity index (χ2n) is 4.50. The molecule has 0 aliphatic carbocycles. The molecule has 19 heavy (non-hydrogen) atoms. The Kier molecular flexibility index (Phi) is 2.64. The van der Waals surface area contributed by atoms with Gasteiger partial charge in [-0.25, -0.2) is 0 Å². The van der Waals surface area contributed by atoms with Gasteiger partial charge in [-0.2, -0.15) is 4.74 Å². The van der Waals surface area contributed by atoms with Crippen LogP contribution in [-0.2, 0) is 0 Å². The fraction of sp³-hybridized carbons (Fsp3) is 0.0667. The van der Waals surface area contributed by atoms with Gasteiger partial charge in [0, 0.05) is 11.1 Å². The molecule has 0 saturated carbocycles. The smallest absolute Gasteiger partial charge is 0.273 e. The molecular weight excluding hydrogens is 262 g/mol. The summed E-state index contributed by atoms with van der Waals surface area (Å²) in [6.45, 7) is 1.88. The third-order valence-electron chi connectivity index (χ3n) is 3.13. The van der Waals surface area contributed by atoms with E-state index < -0.39 is 0 Å². The third-order valence-corrected chi connectivity index (χ3v) is 3.37. The van der Waals surface area contributed by atoms with Crippen LogP contribution in [0.25, 0.3) is 0 Å². The zero-order valence-electron chi connectivity index (χ0n) is 10.2. The normalized spacial score (nSPS) is 13.9. The monoisotopic (exact) mass is 271 g/mol. The topological polar surface area (TPSA) is 43.1 Å². The summed E-state index contributed by atoms with van der Waals surface area (Å²) in [6.07, 6.45) is 0. The summed E-state index contributed by atoms with van der Waals surface area (Å²) in [5.41, 5.74) is 2.46. The Hall–Kier alpha value is -2.13. The molecule has 0 atom stereocenters. The van der Waals surface area contributed by atoms with Crippen LogP contribution in [-0.4, -0.2) is 16.2 Å². The maximum atomic E-state index is 12.3. The van der Waals surface area contributed by atoms with Crippen LogP contribution in [0.3, 0.4) is 0 Å². The minimum atomic E-state index is -0.257. The molecule has 1 heterocycles. The van der Waals surface area contributed by atoms with Crippen molar-refractivity contribution >= 4 is 28.8 Å². The number of hydrogen-bond acceptors (Lipinski definition) is 2. The zero-order chi connectivity index (χ0) is 13.6. The van der Waals surface area contributed by atoms with Gasteiger partial charge in [0.05, 0.1) is 5.56 Å². The van der Waals surface area contributed by atoms with Crippen molar-refractivity contribution < 1.29 is 9.53 Å². The fourth-order valence-electron chi connectivity index (χ4n) is 2.23. The van der Waals surface area contributed by atoms with Gasteiger partial charge in [-0.3, -0.25) is 4.79 Å². The van der Waals surface area contributed by atoms with E-state index in [0.29, 0.717) is 26.6 Å². The SMILES string of the molecule is Cc1ccc2c(c1)[N+]([O-])=C(c1cccc(Cl)c1)C2=O. The quantitative estimate of drug-likeness (QED) is 0.589. The van der Waals surface area contributed by atoms with E-state index in [2.05, 4.69) is 0 Å². The summed E-state index contributed by atoms with van der Waals surface area (Å²) in [5, 5.41) is 12.8. The van der Waals surface area contributed by atoms with Gasteiger partial charge in [-0.15, -0.1) is 0 Å². The zero-order valence-corrected chi connectivity index (χ0v) is 10.9. The fourth-order valence-corrected chi connectivity index (χ4v) is 2.42. The van der Waals surface area contributed by atoms with Crippen molar-refractivity contribution in [1.29, 1.82) is 0 Å². The number of rotatable bonds is 1. The molecule has 0 saturated heterocycles. The van der Waals surface area contributed by atoms with Crippen LogP contribution in [0, 0.1) is 12.1 Å². The third kappa shape index (κ3) is 1.83. The van der Waals surface area contributed by atoms with Gasteiger partial charge in [-0.05, 0) is 36.8 Å².